The first-order valence-corrected chi connectivity index (χ1v) is 8.96. The number of hydrogen-bond donors (Lipinski definition) is 2. The van der Waals surface area contributed by atoms with Crippen molar-refractivity contribution in [2.45, 2.75) is 13.0 Å². The highest BCUT2D eigenvalue weighted by Crippen LogP contribution is 2.29. The molecule has 0 saturated carbocycles. The number of nitrogens with one attached hydrogen (secondary N) is 1. The Morgan fingerprint density at radius 3 is 2.48 bits per heavy atom. The molecule has 0 radical (unpaired) electrons. The van der Waals surface area contributed by atoms with E-state index in [4.69, 9.17) is 28.9 Å². The van der Waals surface area contributed by atoms with Crippen LogP contribution in [0.4, 0.5) is 5.69 Å². The third-order valence-electron chi connectivity index (χ3n) is 4.00. The second-order valence-corrected chi connectivity index (χ2v) is 7.00. The van der Waals surface area contributed by atoms with E-state index in [-0.39, 0.29) is 16.6 Å². The number of rotatable bonds is 6. The zero-order valence-corrected chi connectivity index (χ0v) is 17.0. The number of aromatic nitrogens is 1. The first kappa shape index (κ1) is 20.8. The van der Waals surface area contributed by atoms with Crippen molar-refractivity contribution in [1.29, 1.82) is 0 Å². The number of hydrogen-bond acceptors (Lipinski definition) is 4. The fourth-order valence-corrected chi connectivity index (χ4v) is 2.97. The van der Waals surface area contributed by atoms with E-state index < -0.39 is 0 Å². The Hall–Kier alpha value is -2.50. The Labute approximate surface area is 168 Å². The quantitative estimate of drug-likeness (QED) is 0.555. The number of aryl methyl sites for hydroxylation is 1. The van der Waals surface area contributed by atoms with Crippen LogP contribution in [0.2, 0.25) is 10.0 Å². The summed E-state index contributed by atoms with van der Waals surface area (Å²) >= 11 is 12.1. The van der Waals surface area contributed by atoms with Crippen LogP contribution in [0.25, 0.3) is 0 Å². The van der Waals surface area contributed by atoms with Crippen molar-refractivity contribution >= 4 is 35.1 Å². The van der Waals surface area contributed by atoms with E-state index >= 15 is 0 Å². The summed E-state index contributed by atoms with van der Waals surface area (Å²) in [7, 11) is 3.32. The van der Waals surface area contributed by atoms with Crippen LogP contribution in [-0.4, -0.2) is 17.8 Å². The largest absolute Gasteiger partial charge is 0.398 e. The van der Waals surface area contributed by atoms with Crippen LogP contribution in [0, 0.1) is 0 Å². The van der Waals surface area contributed by atoms with Crippen LogP contribution in [-0.2, 0) is 7.05 Å². The molecule has 1 unspecified atom stereocenters. The van der Waals surface area contributed by atoms with E-state index in [2.05, 4.69) is 16.9 Å². The van der Waals surface area contributed by atoms with E-state index in [1.54, 1.807) is 44.7 Å². The summed E-state index contributed by atoms with van der Waals surface area (Å²) in [6.45, 7) is 5.77. The van der Waals surface area contributed by atoms with Crippen LogP contribution in [0.5, 0.6) is 0 Å². The van der Waals surface area contributed by atoms with Gasteiger partial charge in [-0.25, -0.2) is 0 Å². The molecule has 1 aromatic heterocycles. The molecular weight excluding hydrogens is 383 g/mol. The predicted molar refractivity (Wildman–Crippen MR) is 115 cm³/mol. The number of halogens is 2. The molecule has 0 saturated heterocycles. The van der Waals surface area contributed by atoms with Gasteiger partial charge in [-0.2, -0.15) is 0 Å². The molecular formula is C20H22Cl2N4O. The van der Waals surface area contributed by atoms with Gasteiger partial charge in [0.05, 0.1) is 11.7 Å². The molecule has 0 aliphatic rings. The van der Waals surface area contributed by atoms with Crippen LogP contribution < -0.4 is 16.6 Å². The van der Waals surface area contributed by atoms with Crippen molar-refractivity contribution in [1.82, 2.24) is 4.57 Å². The second-order valence-electron chi connectivity index (χ2n) is 6.16. The number of nitrogens with two attached hydrogens (primary N) is 1. The summed E-state index contributed by atoms with van der Waals surface area (Å²) in [6.07, 6.45) is 3.37. The van der Waals surface area contributed by atoms with Crippen molar-refractivity contribution in [2.75, 3.05) is 12.4 Å². The highest BCUT2D eigenvalue weighted by molar-refractivity contribution is 6.30. The zero-order chi connectivity index (χ0) is 20.1. The van der Waals surface area contributed by atoms with Gasteiger partial charge in [0, 0.05) is 42.8 Å². The maximum Gasteiger partial charge on any atom is 0.269 e. The van der Waals surface area contributed by atoms with E-state index in [1.165, 1.54) is 4.57 Å². The first-order chi connectivity index (χ1) is 12.7. The van der Waals surface area contributed by atoms with Crippen LogP contribution in [0.15, 0.2) is 69.7 Å². The maximum absolute atomic E-state index is 11.9. The van der Waals surface area contributed by atoms with Gasteiger partial charge >= 0.3 is 0 Å². The molecule has 2 aromatic rings. The molecule has 0 aliphatic carbocycles. The highest BCUT2D eigenvalue weighted by atomic mass is 35.5. The summed E-state index contributed by atoms with van der Waals surface area (Å²) in [6, 6.07) is 8.65. The number of allylic oxidation sites excluding steroid dienone is 1. The molecule has 0 amide bonds. The van der Waals surface area contributed by atoms with Crippen molar-refractivity contribution in [3.05, 3.63) is 85.9 Å². The van der Waals surface area contributed by atoms with Crippen LogP contribution >= 0.6 is 23.2 Å². The third kappa shape index (κ3) is 5.02. The van der Waals surface area contributed by atoms with Crippen LogP contribution in [0.3, 0.4) is 0 Å². The number of benzene rings is 1. The van der Waals surface area contributed by atoms with Gasteiger partial charge in [-0.15, -0.1) is 0 Å². The van der Waals surface area contributed by atoms with Crippen molar-refractivity contribution in [2.24, 2.45) is 17.8 Å². The number of aliphatic imine (C=N–C) groups is 1. The minimum atomic E-state index is -0.351. The summed E-state index contributed by atoms with van der Waals surface area (Å²) < 4.78 is 1.42. The lowest BCUT2D eigenvalue weighted by Crippen LogP contribution is -2.22. The highest BCUT2D eigenvalue weighted by Gasteiger charge is 2.20. The predicted octanol–water partition coefficient (Wildman–Crippen LogP) is 4.33. The smallest absolute Gasteiger partial charge is 0.269 e. The minimum Gasteiger partial charge on any atom is -0.398 e. The van der Waals surface area contributed by atoms with Gasteiger partial charge < -0.3 is 15.6 Å². The molecule has 142 valence electrons. The Morgan fingerprint density at radius 1 is 1.33 bits per heavy atom. The van der Waals surface area contributed by atoms with Gasteiger partial charge in [-0.3, -0.25) is 9.79 Å². The molecule has 3 N–H and O–H groups in total. The van der Waals surface area contributed by atoms with Crippen LogP contribution in [0.1, 0.15) is 18.5 Å². The number of pyridine rings is 1. The Balaban J connectivity index is 2.63. The van der Waals surface area contributed by atoms with E-state index in [0.717, 1.165) is 16.7 Å². The fourth-order valence-electron chi connectivity index (χ4n) is 2.60. The van der Waals surface area contributed by atoms with Gasteiger partial charge in [0.1, 0.15) is 5.02 Å². The van der Waals surface area contributed by atoms with Crippen molar-refractivity contribution in [3.63, 3.8) is 0 Å². The van der Waals surface area contributed by atoms with Gasteiger partial charge in [0.25, 0.3) is 5.56 Å². The molecule has 5 nitrogen and oxygen atoms in total. The monoisotopic (exact) mass is 404 g/mol. The average molecular weight is 405 g/mol. The van der Waals surface area contributed by atoms with Crippen molar-refractivity contribution in [3.8, 4) is 0 Å². The molecule has 0 spiro atoms. The van der Waals surface area contributed by atoms with Gasteiger partial charge in [0.2, 0.25) is 0 Å². The minimum absolute atomic E-state index is 0.125. The fraction of sp³-hybridized carbons (Fsp3) is 0.200. The maximum atomic E-state index is 11.9. The SMILES string of the molecule is C=C(C)C(N)=C(C=NC)C(Nc1cc(Cl)c(=O)n(C)c1)c1ccc(Cl)cc1. The molecule has 1 aromatic carbocycles. The lowest BCUT2D eigenvalue weighted by molar-refractivity contribution is 0.851. The Kier molecular flexibility index (Phi) is 6.88. The summed E-state index contributed by atoms with van der Waals surface area (Å²) in [5, 5.41) is 4.14. The normalized spacial score (nSPS) is 13.4. The molecule has 7 heteroatoms. The summed E-state index contributed by atoms with van der Waals surface area (Å²) in [5.41, 5.74) is 9.62. The average Bonchev–Trinajstić information content (AvgIpc) is 2.62. The molecule has 1 heterocycles. The van der Waals surface area contributed by atoms with Crippen molar-refractivity contribution < 1.29 is 0 Å². The molecule has 0 bridgehead atoms. The van der Waals surface area contributed by atoms with Gasteiger partial charge in [-0.05, 0) is 36.3 Å². The number of nitrogens with zero attached hydrogens (tertiary/aromatic N) is 2. The number of anilines is 1. The third-order valence-corrected chi connectivity index (χ3v) is 4.53. The molecule has 0 aliphatic heterocycles. The Bertz CT molecular complexity index is 933. The first-order valence-electron chi connectivity index (χ1n) is 8.20. The lowest BCUT2D eigenvalue weighted by Gasteiger charge is -2.24. The topological polar surface area (TPSA) is 72.4 Å². The molecule has 0 fully saturated rings. The lowest BCUT2D eigenvalue weighted by atomic mass is 9.95. The van der Waals surface area contributed by atoms with E-state index in [9.17, 15) is 4.79 Å². The van der Waals surface area contributed by atoms with Gasteiger partial charge in [-0.1, -0.05) is 41.9 Å². The Morgan fingerprint density at radius 2 is 1.96 bits per heavy atom. The second kappa shape index (κ2) is 8.93. The molecule has 27 heavy (non-hydrogen) atoms. The van der Waals surface area contributed by atoms with E-state index in [1.807, 2.05) is 19.1 Å². The standard InChI is InChI=1S/C20H22Cl2N4O/c1-12(2)18(23)16(10-24-3)19(13-5-7-14(21)8-6-13)25-15-9-17(22)20(27)26(4)11-15/h5-11,19,25H,1,23H2,2-4H3. The van der Waals surface area contributed by atoms with E-state index in [0.29, 0.717) is 16.4 Å². The summed E-state index contributed by atoms with van der Waals surface area (Å²) in [5.74, 6) is 0. The molecule has 2 rings (SSSR count). The van der Waals surface area contributed by atoms with Gasteiger partial charge in [0.15, 0.2) is 0 Å². The zero-order valence-electron chi connectivity index (χ0n) is 15.5. The summed E-state index contributed by atoms with van der Waals surface area (Å²) in [4.78, 5) is 16.0. The molecule has 1 atom stereocenters.